The number of likely N-dealkylation sites (tertiary alicyclic amines) is 1. The van der Waals surface area contributed by atoms with E-state index >= 15 is 0 Å². The summed E-state index contributed by atoms with van der Waals surface area (Å²) in [6, 6.07) is -0.268. The van der Waals surface area contributed by atoms with Crippen LogP contribution in [0, 0.1) is 17.8 Å². The minimum absolute atomic E-state index is 0.0102. The molecule has 3 N–H and O–H groups in total. The largest absolute Gasteiger partial charge is 0.375 e. The number of carbonyl (C=O) groups excluding carboxylic acids is 2. The normalized spacial score (nSPS) is 29.6. The van der Waals surface area contributed by atoms with E-state index in [1.807, 2.05) is 18.7 Å². The van der Waals surface area contributed by atoms with E-state index in [4.69, 9.17) is 10.5 Å². The van der Waals surface area contributed by atoms with Gasteiger partial charge in [0.15, 0.2) is 0 Å². The summed E-state index contributed by atoms with van der Waals surface area (Å²) in [4.78, 5) is 26.3. The first kappa shape index (κ1) is 16.2. The molecular weight excluding hydrogens is 270 g/mol. The van der Waals surface area contributed by atoms with Crippen LogP contribution >= 0.6 is 0 Å². The third kappa shape index (κ3) is 3.55. The van der Waals surface area contributed by atoms with Gasteiger partial charge in [0.2, 0.25) is 11.8 Å². The number of methoxy groups -OCH3 is 1. The van der Waals surface area contributed by atoms with Gasteiger partial charge < -0.3 is 20.7 Å². The van der Waals surface area contributed by atoms with Gasteiger partial charge in [0.1, 0.15) is 12.6 Å². The number of amides is 2. The lowest BCUT2D eigenvalue weighted by Gasteiger charge is -2.27. The zero-order chi connectivity index (χ0) is 15.6. The molecule has 4 atom stereocenters. The molecule has 1 aliphatic carbocycles. The first-order chi connectivity index (χ1) is 9.93. The molecule has 0 aromatic heterocycles. The Balaban J connectivity index is 1.97. The first-order valence-corrected chi connectivity index (χ1v) is 7.76. The molecule has 1 aliphatic heterocycles. The highest BCUT2D eigenvalue weighted by atomic mass is 16.5. The summed E-state index contributed by atoms with van der Waals surface area (Å²) in [5, 5.41) is 2.78. The van der Waals surface area contributed by atoms with E-state index in [9.17, 15) is 9.59 Å². The zero-order valence-electron chi connectivity index (χ0n) is 13.2. The van der Waals surface area contributed by atoms with E-state index in [1.165, 1.54) is 7.11 Å². The van der Waals surface area contributed by atoms with E-state index < -0.39 is 6.04 Å². The Hall–Kier alpha value is -1.14. The minimum atomic E-state index is -0.484. The molecule has 1 saturated carbocycles. The smallest absolute Gasteiger partial charge is 0.246 e. The molecule has 1 heterocycles. The van der Waals surface area contributed by atoms with E-state index in [0.29, 0.717) is 11.8 Å². The molecule has 0 aromatic carbocycles. The fourth-order valence-electron chi connectivity index (χ4n) is 3.54. The highest BCUT2D eigenvalue weighted by Crippen LogP contribution is 2.37. The van der Waals surface area contributed by atoms with Crippen molar-refractivity contribution in [3.8, 4) is 0 Å². The molecular formula is C15H27N3O3. The van der Waals surface area contributed by atoms with Crippen molar-refractivity contribution in [1.82, 2.24) is 10.2 Å². The van der Waals surface area contributed by atoms with Crippen LogP contribution in [-0.2, 0) is 14.3 Å². The molecule has 0 bridgehead atoms. The maximum absolute atomic E-state index is 12.7. The summed E-state index contributed by atoms with van der Waals surface area (Å²) in [6.45, 7) is 5.37. The van der Waals surface area contributed by atoms with Crippen LogP contribution in [0.15, 0.2) is 0 Å². The molecule has 6 nitrogen and oxygen atoms in total. The van der Waals surface area contributed by atoms with Gasteiger partial charge in [0, 0.05) is 26.2 Å². The lowest BCUT2D eigenvalue weighted by Crippen LogP contribution is -2.51. The monoisotopic (exact) mass is 297 g/mol. The average molecular weight is 297 g/mol. The van der Waals surface area contributed by atoms with Gasteiger partial charge in [-0.15, -0.1) is 0 Å². The Morgan fingerprint density at radius 3 is 2.62 bits per heavy atom. The Kier molecular flexibility index (Phi) is 5.22. The Morgan fingerprint density at radius 1 is 1.33 bits per heavy atom. The molecule has 0 spiro atoms. The third-order valence-corrected chi connectivity index (χ3v) is 4.75. The van der Waals surface area contributed by atoms with Crippen LogP contribution in [0.2, 0.25) is 0 Å². The number of fused-ring (bicyclic) bond motifs is 1. The number of nitrogens with one attached hydrogen (secondary N) is 1. The standard InChI is InChI=1S/C15H27N3O3/c1-9(2)14(17-13(19)8-21-3)15(20)18-6-10-4-5-12(16)11(10)7-18/h9-12,14H,4-8,16H2,1-3H3,(H,17,19)/t10?,11?,12?,14-/m0/s1. The number of nitrogens with zero attached hydrogens (tertiary/aromatic N) is 1. The topological polar surface area (TPSA) is 84.7 Å². The van der Waals surface area contributed by atoms with Crippen molar-refractivity contribution in [3.05, 3.63) is 0 Å². The van der Waals surface area contributed by atoms with Gasteiger partial charge in [-0.3, -0.25) is 9.59 Å². The molecule has 21 heavy (non-hydrogen) atoms. The van der Waals surface area contributed by atoms with Crippen LogP contribution in [0.1, 0.15) is 26.7 Å². The maximum Gasteiger partial charge on any atom is 0.246 e. The predicted molar refractivity (Wildman–Crippen MR) is 79.4 cm³/mol. The molecule has 120 valence electrons. The van der Waals surface area contributed by atoms with Crippen molar-refractivity contribution >= 4 is 11.8 Å². The Morgan fingerprint density at radius 2 is 2.05 bits per heavy atom. The van der Waals surface area contributed by atoms with Crippen molar-refractivity contribution in [2.75, 3.05) is 26.8 Å². The maximum atomic E-state index is 12.7. The van der Waals surface area contributed by atoms with Gasteiger partial charge >= 0.3 is 0 Å². The summed E-state index contributed by atoms with van der Waals surface area (Å²) in [7, 11) is 1.47. The van der Waals surface area contributed by atoms with Gasteiger partial charge in [0.05, 0.1) is 0 Å². The number of ether oxygens (including phenoxy) is 1. The Labute approximate surface area is 126 Å². The number of carbonyl (C=O) groups is 2. The van der Waals surface area contributed by atoms with Crippen molar-refractivity contribution in [3.63, 3.8) is 0 Å². The van der Waals surface area contributed by atoms with Crippen LogP contribution in [0.5, 0.6) is 0 Å². The number of hydrogen-bond donors (Lipinski definition) is 2. The SMILES string of the molecule is COCC(=O)N[C@H](C(=O)N1CC2CCC(N)C2C1)C(C)C. The van der Waals surface area contributed by atoms with Crippen molar-refractivity contribution in [1.29, 1.82) is 0 Å². The second kappa shape index (κ2) is 6.75. The predicted octanol–water partition coefficient (Wildman–Crippen LogP) is -0.0307. The summed E-state index contributed by atoms with van der Waals surface area (Å²) < 4.78 is 4.81. The lowest BCUT2D eigenvalue weighted by atomic mass is 9.98. The second-order valence-electron chi connectivity index (χ2n) is 6.63. The van der Waals surface area contributed by atoms with Gasteiger partial charge in [0.25, 0.3) is 0 Å². The molecule has 2 rings (SSSR count). The number of hydrogen-bond acceptors (Lipinski definition) is 4. The summed E-state index contributed by atoms with van der Waals surface area (Å²) in [6.07, 6.45) is 2.17. The zero-order valence-corrected chi connectivity index (χ0v) is 13.2. The van der Waals surface area contributed by atoms with Crippen molar-refractivity contribution in [2.45, 2.75) is 38.8 Å². The molecule has 2 aliphatic rings. The van der Waals surface area contributed by atoms with Crippen LogP contribution in [0.25, 0.3) is 0 Å². The third-order valence-electron chi connectivity index (χ3n) is 4.75. The average Bonchev–Trinajstić information content (AvgIpc) is 2.98. The molecule has 3 unspecified atom stereocenters. The van der Waals surface area contributed by atoms with E-state index in [0.717, 1.165) is 25.9 Å². The second-order valence-corrected chi connectivity index (χ2v) is 6.63. The summed E-state index contributed by atoms with van der Waals surface area (Å²) in [5.41, 5.74) is 6.11. The quantitative estimate of drug-likeness (QED) is 0.746. The molecule has 0 radical (unpaired) electrons. The van der Waals surface area contributed by atoms with E-state index in [2.05, 4.69) is 5.32 Å². The van der Waals surface area contributed by atoms with E-state index in [1.54, 1.807) is 0 Å². The fraction of sp³-hybridized carbons (Fsp3) is 0.867. The van der Waals surface area contributed by atoms with Gasteiger partial charge in [-0.1, -0.05) is 13.8 Å². The van der Waals surface area contributed by atoms with Crippen LogP contribution in [0.4, 0.5) is 0 Å². The molecule has 6 heteroatoms. The summed E-state index contributed by atoms with van der Waals surface area (Å²) in [5.74, 6) is 0.770. The molecule has 2 amide bonds. The Bertz CT molecular complexity index is 400. The minimum Gasteiger partial charge on any atom is -0.375 e. The van der Waals surface area contributed by atoms with Crippen molar-refractivity contribution < 1.29 is 14.3 Å². The van der Waals surface area contributed by atoms with Gasteiger partial charge in [-0.2, -0.15) is 0 Å². The number of nitrogens with two attached hydrogens (primary N) is 1. The summed E-state index contributed by atoms with van der Waals surface area (Å²) >= 11 is 0. The van der Waals surface area contributed by atoms with Crippen LogP contribution in [0.3, 0.4) is 0 Å². The number of rotatable bonds is 5. The molecule has 2 fully saturated rings. The van der Waals surface area contributed by atoms with Crippen LogP contribution in [-0.4, -0.2) is 55.6 Å². The first-order valence-electron chi connectivity index (χ1n) is 7.76. The fourth-order valence-corrected chi connectivity index (χ4v) is 3.54. The molecule has 1 saturated heterocycles. The van der Waals surface area contributed by atoms with E-state index in [-0.39, 0.29) is 30.4 Å². The van der Waals surface area contributed by atoms with Gasteiger partial charge in [-0.05, 0) is 30.6 Å². The lowest BCUT2D eigenvalue weighted by molar-refractivity contribution is -0.138. The molecule has 0 aromatic rings. The van der Waals surface area contributed by atoms with Crippen molar-refractivity contribution in [2.24, 2.45) is 23.5 Å². The van der Waals surface area contributed by atoms with Crippen LogP contribution < -0.4 is 11.1 Å². The van der Waals surface area contributed by atoms with Gasteiger partial charge in [-0.25, -0.2) is 0 Å². The highest BCUT2D eigenvalue weighted by Gasteiger charge is 2.44. The highest BCUT2D eigenvalue weighted by molar-refractivity contribution is 5.88.